The molecule has 2 fully saturated rings. The van der Waals surface area contributed by atoms with E-state index < -0.39 is 5.60 Å². The molecular weight excluding hydrogens is 368 g/mol. The lowest BCUT2D eigenvalue weighted by atomic mass is 9.93. The molecule has 0 aromatic carbocycles. The summed E-state index contributed by atoms with van der Waals surface area (Å²) in [6.45, 7) is 5.33. The Bertz CT molecular complexity index is 676. The highest BCUT2D eigenvalue weighted by Gasteiger charge is 2.34. The fourth-order valence-electron chi connectivity index (χ4n) is 4.48. The number of likely N-dealkylation sites (tertiary alicyclic amines) is 2. The van der Waals surface area contributed by atoms with Crippen molar-refractivity contribution >= 4 is 11.8 Å². The van der Waals surface area contributed by atoms with E-state index in [4.69, 9.17) is 0 Å². The van der Waals surface area contributed by atoms with Gasteiger partial charge in [-0.15, -0.1) is 0 Å². The van der Waals surface area contributed by atoms with Gasteiger partial charge in [-0.2, -0.15) is 0 Å². The van der Waals surface area contributed by atoms with Crippen LogP contribution < -0.4 is 5.32 Å². The van der Waals surface area contributed by atoms with Crippen molar-refractivity contribution in [3.05, 3.63) is 30.1 Å². The summed E-state index contributed by atoms with van der Waals surface area (Å²) in [5.74, 6) is 0.188. The Balaban J connectivity index is 1.43. The maximum Gasteiger partial charge on any atom is 0.222 e. The second-order valence-electron chi connectivity index (χ2n) is 8.57. The van der Waals surface area contributed by atoms with Crippen molar-refractivity contribution in [2.75, 3.05) is 32.7 Å². The maximum absolute atomic E-state index is 12.6. The molecule has 3 heterocycles. The number of rotatable bonds is 6. The SMILES string of the molecule is CC(=O)NC1CCN(C[C@@]2(O)CCCN(C(=O)CCc3cccnc3)CC2)CC1. The predicted molar refractivity (Wildman–Crippen MR) is 111 cm³/mol. The third-order valence-corrected chi connectivity index (χ3v) is 6.13. The molecule has 0 spiro atoms. The number of aromatic nitrogens is 1. The van der Waals surface area contributed by atoms with Crippen LogP contribution in [0.3, 0.4) is 0 Å². The first kappa shape index (κ1) is 21.7. The van der Waals surface area contributed by atoms with Crippen LogP contribution in [0.4, 0.5) is 0 Å². The molecule has 7 nitrogen and oxygen atoms in total. The summed E-state index contributed by atoms with van der Waals surface area (Å²) in [6, 6.07) is 4.14. The van der Waals surface area contributed by atoms with Gasteiger partial charge in [0.15, 0.2) is 0 Å². The normalized spacial score (nSPS) is 24.1. The van der Waals surface area contributed by atoms with E-state index in [1.165, 1.54) is 0 Å². The summed E-state index contributed by atoms with van der Waals surface area (Å²) in [5.41, 5.74) is 0.342. The first-order chi connectivity index (χ1) is 13.9. The molecule has 1 atom stereocenters. The van der Waals surface area contributed by atoms with Gasteiger partial charge in [0, 0.05) is 64.5 Å². The number of hydrogen-bond acceptors (Lipinski definition) is 5. The average molecular weight is 403 g/mol. The lowest BCUT2D eigenvalue weighted by Crippen LogP contribution is -2.50. The standard InChI is InChI=1S/C22H34N4O3/c1-18(27)24-20-7-13-25(14-8-20)17-22(29)9-3-12-26(15-10-22)21(28)6-5-19-4-2-11-23-16-19/h2,4,11,16,20,29H,3,5-10,12-15,17H2,1H3,(H,24,27)/t22-/m1/s1. The van der Waals surface area contributed by atoms with E-state index in [1.54, 1.807) is 13.1 Å². The molecule has 3 rings (SSSR count). The zero-order valence-electron chi connectivity index (χ0n) is 17.5. The smallest absolute Gasteiger partial charge is 0.222 e. The minimum absolute atomic E-state index is 0.0270. The Morgan fingerprint density at radius 3 is 2.72 bits per heavy atom. The van der Waals surface area contributed by atoms with Gasteiger partial charge in [0.1, 0.15) is 0 Å². The maximum atomic E-state index is 12.6. The minimum Gasteiger partial charge on any atom is -0.388 e. The molecule has 1 aromatic rings. The molecule has 7 heteroatoms. The van der Waals surface area contributed by atoms with Crippen molar-refractivity contribution in [1.29, 1.82) is 0 Å². The number of nitrogens with one attached hydrogen (secondary N) is 1. The highest BCUT2D eigenvalue weighted by Crippen LogP contribution is 2.25. The summed E-state index contributed by atoms with van der Waals surface area (Å²) in [5, 5.41) is 14.2. The molecule has 2 aliphatic heterocycles. The number of carbonyl (C=O) groups is 2. The van der Waals surface area contributed by atoms with Crippen LogP contribution in [-0.4, -0.2) is 76.1 Å². The monoisotopic (exact) mass is 402 g/mol. The van der Waals surface area contributed by atoms with Crippen molar-refractivity contribution in [3.8, 4) is 0 Å². The van der Waals surface area contributed by atoms with Gasteiger partial charge in [0.05, 0.1) is 5.60 Å². The predicted octanol–water partition coefficient (Wildman–Crippen LogP) is 1.36. The summed E-state index contributed by atoms with van der Waals surface area (Å²) in [6.07, 6.45) is 8.77. The Morgan fingerprint density at radius 1 is 1.24 bits per heavy atom. The van der Waals surface area contributed by atoms with E-state index in [0.717, 1.165) is 50.9 Å². The number of aryl methyl sites for hydroxylation is 1. The molecule has 160 valence electrons. The molecule has 0 unspecified atom stereocenters. The van der Waals surface area contributed by atoms with Gasteiger partial charge in [0.25, 0.3) is 0 Å². The fraction of sp³-hybridized carbons (Fsp3) is 0.682. The zero-order chi connectivity index (χ0) is 20.7. The minimum atomic E-state index is -0.737. The molecular formula is C22H34N4O3. The van der Waals surface area contributed by atoms with Crippen LogP contribution >= 0.6 is 0 Å². The lowest BCUT2D eigenvalue weighted by Gasteiger charge is -2.38. The summed E-state index contributed by atoms with van der Waals surface area (Å²) >= 11 is 0. The van der Waals surface area contributed by atoms with E-state index >= 15 is 0 Å². The largest absolute Gasteiger partial charge is 0.388 e. The van der Waals surface area contributed by atoms with Crippen LogP contribution in [0.1, 0.15) is 51.0 Å². The van der Waals surface area contributed by atoms with Gasteiger partial charge in [-0.1, -0.05) is 6.07 Å². The number of pyridine rings is 1. The molecule has 0 aliphatic carbocycles. The molecule has 0 bridgehead atoms. The van der Waals surface area contributed by atoms with Crippen LogP contribution in [-0.2, 0) is 16.0 Å². The second kappa shape index (κ2) is 10.2. The molecule has 2 aliphatic rings. The molecule has 2 saturated heterocycles. The van der Waals surface area contributed by atoms with Gasteiger partial charge >= 0.3 is 0 Å². The molecule has 29 heavy (non-hydrogen) atoms. The number of aliphatic hydroxyl groups is 1. The van der Waals surface area contributed by atoms with E-state index in [2.05, 4.69) is 15.2 Å². The molecule has 1 aromatic heterocycles. The van der Waals surface area contributed by atoms with Crippen molar-refractivity contribution in [2.45, 2.75) is 63.5 Å². The number of hydrogen-bond donors (Lipinski definition) is 2. The summed E-state index contributed by atoms with van der Waals surface area (Å²) in [7, 11) is 0. The second-order valence-corrected chi connectivity index (χ2v) is 8.57. The van der Waals surface area contributed by atoms with Crippen LogP contribution in [0.15, 0.2) is 24.5 Å². The Morgan fingerprint density at radius 2 is 2.03 bits per heavy atom. The quantitative estimate of drug-likeness (QED) is 0.750. The van der Waals surface area contributed by atoms with Gasteiger partial charge in [-0.05, 0) is 50.2 Å². The fourth-order valence-corrected chi connectivity index (χ4v) is 4.48. The molecule has 2 amide bonds. The number of piperidine rings is 1. The van der Waals surface area contributed by atoms with Crippen molar-refractivity contribution < 1.29 is 14.7 Å². The molecule has 0 radical (unpaired) electrons. The third kappa shape index (κ3) is 6.78. The zero-order valence-corrected chi connectivity index (χ0v) is 17.5. The van der Waals surface area contributed by atoms with E-state index in [1.807, 2.05) is 23.2 Å². The van der Waals surface area contributed by atoms with Crippen LogP contribution in [0, 0.1) is 0 Å². The van der Waals surface area contributed by atoms with E-state index in [9.17, 15) is 14.7 Å². The lowest BCUT2D eigenvalue weighted by molar-refractivity contribution is -0.131. The van der Waals surface area contributed by atoms with Gasteiger partial charge in [-0.25, -0.2) is 0 Å². The van der Waals surface area contributed by atoms with E-state index in [-0.39, 0.29) is 17.9 Å². The first-order valence-electron chi connectivity index (χ1n) is 10.8. The number of β-amino-alcohol motifs (C(OH)–C–C–N with tert-alkyl or cyclic N) is 1. The topological polar surface area (TPSA) is 85.8 Å². The van der Waals surface area contributed by atoms with Gasteiger partial charge < -0.3 is 20.2 Å². The van der Waals surface area contributed by atoms with Crippen LogP contribution in [0.2, 0.25) is 0 Å². The Hall–Kier alpha value is -1.99. The van der Waals surface area contributed by atoms with Crippen molar-refractivity contribution in [1.82, 2.24) is 20.1 Å². The first-order valence-corrected chi connectivity index (χ1v) is 10.8. The van der Waals surface area contributed by atoms with Crippen LogP contribution in [0.25, 0.3) is 0 Å². The highest BCUT2D eigenvalue weighted by molar-refractivity contribution is 5.76. The van der Waals surface area contributed by atoms with Crippen molar-refractivity contribution in [3.63, 3.8) is 0 Å². The summed E-state index contributed by atoms with van der Waals surface area (Å²) in [4.78, 5) is 32.2. The number of amides is 2. The molecule has 0 saturated carbocycles. The average Bonchev–Trinajstić information content (AvgIpc) is 2.90. The molecule has 2 N–H and O–H groups in total. The highest BCUT2D eigenvalue weighted by atomic mass is 16.3. The number of carbonyl (C=O) groups excluding carboxylic acids is 2. The number of nitrogens with zero attached hydrogens (tertiary/aromatic N) is 3. The summed E-state index contributed by atoms with van der Waals surface area (Å²) < 4.78 is 0. The van der Waals surface area contributed by atoms with E-state index in [0.29, 0.717) is 32.4 Å². The van der Waals surface area contributed by atoms with Gasteiger partial charge in [0.2, 0.25) is 11.8 Å². The van der Waals surface area contributed by atoms with Crippen molar-refractivity contribution in [2.24, 2.45) is 0 Å². The Kier molecular flexibility index (Phi) is 7.61. The van der Waals surface area contributed by atoms with Crippen LogP contribution in [0.5, 0.6) is 0 Å². The van der Waals surface area contributed by atoms with Gasteiger partial charge in [-0.3, -0.25) is 14.6 Å². The third-order valence-electron chi connectivity index (χ3n) is 6.13. The Labute approximate surface area is 173 Å².